The van der Waals surface area contributed by atoms with Crippen molar-refractivity contribution in [3.63, 3.8) is 0 Å². The smallest absolute Gasteiger partial charge is 0.0703 e. The van der Waals surface area contributed by atoms with Crippen LogP contribution in [0.2, 0.25) is 0 Å². The van der Waals surface area contributed by atoms with Gasteiger partial charge in [0, 0.05) is 31.4 Å². The lowest BCUT2D eigenvalue weighted by molar-refractivity contribution is 1.13. The molecule has 14 heavy (non-hydrogen) atoms. The first-order valence-corrected chi connectivity index (χ1v) is 4.70. The van der Waals surface area contributed by atoms with E-state index in [0.29, 0.717) is 0 Å². The van der Waals surface area contributed by atoms with E-state index in [9.17, 15) is 0 Å². The van der Waals surface area contributed by atoms with Crippen molar-refractivity contribution < 1.29 is 0 Å². The molecule has 1 heterocycles. The Morgan fingerprint density at radius 3 is 2.64 bits per heavy atom. The van der Waals surface area contributed by atoms with E-state index in [-0.39, 0.29) is 0 Å². The second-order valence-electron chi connectivity index (χ2n) is 3.78. The van der Waals surface area contributed by atoms with E-state index in [1.165, 1.54) is 16.6 Å². The van der Waals surface area contributed by atoms with Crippen molar-refractivity contribution in [2.45, 2.75) is 6.92 Å². The van der Waals surface area contributed by atoms with Crippen molar-refractivity contribution in [2.75, 3.05) is 19.0 Å². The van der Waals surface area contributed by atoms with Gasteiger partial charge in [-0.1, -0.05) is 0 Å². The lowest BCUT2D eigenvalue weighted by Crippen LogP contribution is -2.08. The highest BCUT2D eigenvalue weighted by molar-refractivity contribution is 5.82. The second kappa shape index (κ2) is 3.29. The van der Waals surface area contributed by atoms with E-state index in [2.05, 4.69) is 41.1 Å². The summed E-state index contributed by atoms with van der Waals surface area (Å²) >= 11 is 0. The Hall–Kier alpha value is -1.57. The van der Waals surface area contributed by atoms with Gasteiger partial charge in [-0.15, -0.1) is 0 Å². The molecule has 0 saturated heterocycles. The Bertz CT molecular complexity index is 461. The van der Waals surface area contributed by atoms with E-state index >= 15 is 0 Å². The van der Waals surface area contributed by atoms with Crippen LogP contribution in [0.5, 0.6) is 0 Å². The number of hydrogen-bond acceptors (Lipinski definition) is 2. The zero-order valence-corrected chi connectivity index (χ0v) is 8.78. The molecule has 2 heteroatoms. The molecule has 0 aliphatic heterocycles. The number of anilines is 1. The molecule has 0 aliphatic carbocycles. The van der Waals surface area contributed by atoms with Crippen molar-refractivity contribution in [3.05, 3.63) is 36.0 Å². The van der Waals surface area contributed by atoms with E-state index in [1.54, 1.807) is 0 Å². The van der Waals surface area contributed by atoms with Gasteiger partial charge < -0.3 is 4.90 Å². The van der Waals surface area contributed by atoms with Gasteiger partial charge in [0.2, 0.25) is 0 Å². The van der Waals surface area contributed by atoms with Crippen LogP contribution in [0.15, 0.2) is 30.5 Å². The molecule has 0 saturated carbocycles. The molecule has 0 bridgehead atoms. The number of fused-ring (bicyclic) bond motifs is 1. The molecule has 2 rings (SSSR count). The largest absolute Gasteiger partial charge is 0.378 e. The van der Waals surface area contributed by atoms with Gasteiger partial charge in [0.15, 0.2) is 0 Å². The van der Waals surface area contributed by atoms with Crippen LogP contribution >= 0.6 is 0 Å². The highest BCUT2D eigenvalue weighted by Gasteiger charge is 1.98. The van der Waals surface area contributed by atoms with Gasteiger partial charge in [0.25, 0.3) is 0 Å². The van der Waals surface area contributed by atoms with E-state index < -0.39 is 0 Å². The third-order valence-corrected chi connectivity index (χ3v) is 2.32. The van der Waals surface area contributed by atoms with E-state index in [4.69, 9.17) is 0 Å². The second-order valence-corrected chi connectivity index (χ2v) is 3.78. The molecule has 0 atom stereocenters. The fourth-order valence-corrected chi connectivity index (χ4v) is 1.51. The number of benzene rings is 1. The maximum atomic E-state index is 4.36. The normalized spacial score (nSPS) is 10.5. The molecule has 0 aliphatic rings. The summed E-state index contributed by atoms with van der Waals surface area (Å²) in [4.78, 5) is 6.46. The Morgan fingerprint density at radius 2 is 1.93 bits per heavy atom. The van der Waals surface area contributed by atoms with Crippen molar-refractivity contribution in [3.8, 4) is 0 Å². The third-order valence-electron chi connectivity index (χ3n) is 2.32. The average Bonchev–Trinajstić information content (AvgIpc) is 2.16. The zero-order chi connectivity index (χ0) is 10.1. The highest BCUT2D eigenvalue weighted by Crippen LogP contribution is 2.19. The van der Waals surface area contributed by atoms with Gasteiger partial charge in [-0.25, -0.2) is 0 Å². The number of nitrogens with zero attached hydrogens (tertiary/aromatic N) is 2. The van der Waals surface area contributed by atoms with Crippen molar-refractivity contribution in [1.82, 2.24) is 4.98 Å². The molecule has 2 aromatic rings. The molecule has 0 amide bonds. The van der Waals surface area contributed by atoms with Crippen LogP contribution in [-0.4, -0.2) is 19.1 Å². The van der Waals surface area contributed by atoms with Gasteiger partial charge in [-0.2, -0.15) is 0 Å². The SMILES string of the molecule is Cc1cnc2ccc(N(C)C)cc2c1. The van der Waals surface area contributed by atoms with Crippen LogP contribution < -0.4 is 4.90 Å². The van der Waals surface area contributed by atoms with Gasteiger partial charge in [-0.05, 0) is 36.8 Å². The number of pyridine rings is 1. The minimum absolute atomic E-state index is 1.06. The van der Waals surface area contributed by atoms with Crippen molar-refractivity contribution >= 4 is 16.6 Å². The maximum absolute atomic E-state index is 4.36. The van der Waals surface area contributed by atoms with Gasteiger partial charge in [0.1, 0.15) is 0 Å². The predicted octanol–water partition coefficient (Wildman–Crippen LogP) is 2.61. The Morgan fingerprint density at radius 1 is 1.14 bits per heavy atom. The average molecular weight is 186 g/mol. The van der Waals surface area contributed by atoms with Gasteiger partial charge >= 0.3 is 0 Å². The minimum Gasteiger partial charge on any atom is -0.378 e. The first-order chi connectivity index (χ1) is 6.66. The topological polar surface area (TPSA) is 16.1 Å². The van der Waals surface area contributed by atoms with Crippen molar-refractivity contribution in [2.24, 2.45) is 0 Å². The fraction of sp³-hybridized carbons (Fsp3) is 0.250. The van der Waals surface area contributed by atoms with Crippen LogP contribution in [-0.2, 0) is 0 Å². The predicted molar refractivity (Wildman–Crippen MR) is 60.8 cm³/mol. The minimum atomic E-state index is 1.06. The van der Waals surface area contributed by atoms with Crippen LogP contribution in [0.4, 0.5) is 5.69 Å². The summed E-state index contributed by atoms with van der Waals surface area (Å²) in [6.07, 6.45) is 1.90. The Kier molecular flexibility index (Phi) is 2.12. The molecule has 0 spiro atoms. The number of rotatable bonds is 1. The lowest BCUT2D eigenvalue weighted by atomic mass is 10.1. The summed E-state index contributed by atoms with van der Waals surface area (Å²) in [5, 5.41) is 1.20. The summed E-state index contributed by atoms with van der Waals surface area (Å²) in [6, 6.07) is 8.47. The van der Waals surface area contributed by atoms with Crippen LogP contribution in [0.25, 0.3) is 10.9 Å². The summed E-state index contributed by atoms with van der Waals surface area (Å²) in [7, 11) is 4.09. The summed E-state index contributed by atoms with van der Waals surface area (Å²) in [5.74, 6) is 0. The van der Waals surface area contributed by atoms with Crippen LogP contribution in [0.1, 0.15) is 5.56 Å². The van der Waals surface area contributed by atoms with Gasteiger partial charge in [-0.3, -0.25) is 4.98 Å². The molecular formula is C12H14N2. The lowest BCUT2D eigenvalue weighted by Gasteiger charge is -2.12. The molecule has 0 fully saturated rings. The Balaban J connectivity index is 2.63. The summed E-state index contributed by atoms with van der Waals surface area (Å²) < 4.78 is 0. The summed E-state index contributed by atoms with van der Waals surface area (Å²) in [5.41, 5.74) is 3.47. The molecule has 0 unspecified atom stereocenters. The zero-order valence-electron chi connectivity index (χ0n) is 8.78. The standard InChI is InChI=1S/C12H14N2/c1-9-6-10-7-11(14(2)3)4-5-12(10)13-8-9/h4-8H,1-3H3. The Labute approximate surface area is 84.2 Å². The molecule has 0 radical (unpaired) electrons. The first-order valence-electron chi connectivity index (χ1n) is 4.70. The van der Waals surface area contributed by atoms with Gasteiger partial charge in [0.05, 0.1) is 5.52 Å². The molecule has 1 aromatic heterocycles. The molecule has 0 N–H and O–H groups in total. The van der Waals surface area contributed by atoms with E-state index in [0.717, 1.165) is 5.52 Å². The van der Waals surface area contributed by atoms with E-state index in [1.807, 2.05) is 20.3 Å². The van der Waals surface area contributed by atoms with Crippen LogP contribution in [0.3, 0.4) is 0 Å². The molecule has 2 nitrogen and oxygen atoms in total. The quantitative estimate of drug-likeness (QED) is 0.680. The third kappa shape index (κ3) is 1.55. The fourth-order valence-electron chi connectivity index (χ4n) is 1.51. The molecule has 72 valence electrons. The number of aryl methyl sites for hydroxylation is 1. The monoisotopic (exact) mass is 186 g/mol. The summed E-state index contributed by atoms with van der Waals surface area (Å²) in [6.45, 7) is 2.06. The molecular weight excluding hydrogens is 172 g/mol. The molecule has 1 aromatic carbocycles. The van der Waals surface area contributed by atoms with Crippen LogP contribution in [0, 0.1) is 6.92 Å². The number of aromatic nitrogens is 1. The highest BCUT2D eigenvalue weighted by atomic mass is 15.1. The number of hydrogen-bond donors (Lipinski definition) is 0. The maximum Gasteiger partial charge on any atom is 0.0703 e. The van der Waals surface area contributed by atoms with Crippen molar-refractivity contribution in [1.29, 1.82) is 0 Å². The first kappa shape index (κ1) is 9.00.